The summed E-state index contributed by atoms with van der Waals surface area (Å²) in [5.41, 5.74) is 1.12. The van der Waals surface area contributed by atoms with Gasteiger partial charge in [0.1, 0.15) is 11.7 Å². The quantitative estimate of drug-likeness (QED) is 0.269. The van der Waals surface area contributed by atoms with Gasteiger partial charge in [0.15, 0.2) is 11.6 Å². The molecular weight excluding hydrogens is 472 g/mol. The molecule has 0 N–H and O–H groups in total. The first-order chi connectivity index (χ1) is 17.9. The second kappa shape index (κ2) is 13.7. The van der Waals surface area contributed by atoms with E-state index in [1.807, 2.05) is 12.1 Å². The van der Waals surface area contributed by atoms with Gasteiger partial charge in [0.25, 0.3) is 0 Å². The van der Waals surface area contributed by atoms with Crippen LogP contribution in [0.2, 0.25) is 0 Å². The molecule has 0 heterocycles. The first kappa shape index (κ1) is 28.7. The van der Waals surface area contributed by atoms with E-state index in [9.17, 15) is 8.78 Å². The largest absolute Gasteiger partial charge is 0.209 e. The highest BCUT2D eigenvalue weighted by molar-refractivity contribution is 5.32. The van der Waals surface area contributed by atoms with Crippen LogP contribution < -0.4 is 0 Å². The molecule has 0 spiro atoms. The molecule has 3 aliphatic rings. The minimum Gasteiger partial charge on any atom is -0.209 e. The van der Waals surface area contributed by atoms with E-state index in [0.29, 0.717) is 23.5 Å². The molecule has 0 radical (unpaired) electrons. The molecule has 37 heavy (non-hydrogen) atoms. The van der Waals surface area contributed by atoms with E-state index in [-0.39, 0.29) is 23.7 Å². The molecule has 2 fully saturated rings. The lowest BCUT2D eigenvalue weighted by molar-refractivity contribution is 0.242. The lowest BCUT2D eigenvalue weighted by atomic mass is 9.74. The Balaban J connectivity index is 1.27. The van der Waals surface area contributed by atoms with Gasteiger partial charge in [-0.05, 0) is 118 Å². The normalized spacial score (nSPS) is 31.1. The third kappa shape index (κ3) is 7.01. The summed E-state index contributed by atoms with van der Waals surface area (Å²) in [6.07, 6.45) is 16.0. The van der Waals surface area contributed by atoms with Gasteiger partial charge < -0.3 is 0 Å². The van der Waals surface area contributed by atoms with Gasteiger partial charge >= 0.3 is 0 Å². The third-order valence-corrected chi connectivity index (χ3v) is 10.1. The maximum absolute atomic E-state index is 15.2. The van der Waals surface area contributed by atoms with Crippen molar-refractivity contribution in [3.8, 4) is 0 Å². The summed E-state index contributed by atoms with van der Waals surface area (Å²) in [7, 11) is 0. The Kier molecular flexibility index (Phi) is 10.6. The molecule has 2 unspecified atom stereocenters. The summed E-state index contributed by atoms with van der Waals surface area (Å²) in [6, 6.07) is 3.72. The highest BCUT2D eigenvalue weighted by Gasteiger charge is 2.33. The van der Waals surface area contributed by atoms with Crippen LogP contribution in [0, 0.1) is 35.3 Å². The Labute approximate surface area is 222 Å². The zero-order chi connectivity index (χ0) is 26.4. The van der Waals surface area contributed by atoms with E-state index in [1.165, 1.54) is 12.8 Å². The molecule has 4 rings (SSSR count). The minimum absolute atomic E-state index is 0.0585. The summed E-state index contributed by atoms with van der Waals surface area (Å²) in [4.78, 5) is 0. The number of halogens is 4. The molecule has 0 nitrogen and oxygen atoms in total. The molecule has 3 aliphatic carbocycles. The Morgan fingerprint density at radius 3 is 1.46 bits per heavy atom. The zero-order valence-corrected chi connectivity index (χ0v) is 23.2. The Bertz CT molecular complexity index is 890. The van der Waals surface area contributed by atoms with Gasteiger partial charge in [-0.1, -0.05) is 51.7 Å². The summed E-state index contributed by atoms with van der Waals surface area (Å²) in [6.45, 7) is 4.30. The minimum atomic E-state index is -0.626. The molecule has 0 aromatic heterocycles. The number of hydrogen-bond acceptors (Lipinski definition) is 0. The van der Waals surface area contributed by atoms with Crippen molar-refractivity contribution in [2.24, 2.45) is 23.7 Å². The van der Waals surface area contributed by atoms with Crippen LogP contribution >= 0.6 is 0 Å². The lowest BCUT2D eigenvalue weighted by Gasteiger charge is -2.32. The fraction of sp³-hybridized carbons (Fsp3) is 0.758. The van der Waals surface area contributed by atoms with Crippen molar-refractivity contribution in [3.63, 3.8) is 0 Å². The van der Waals surface area contributed by atoms with Gasteiger partial charge in [0, 0.05) is 11.8 Å². The first-order valence-electron chi connectivity index (χ1n) is 15.5. The van der Waals surface area contributed by atoms with E-state index in [4.69, 9.17) is 0 Å². The summed E-state index contributed by atoms with van der Waals surface area (Å²) in [5, 5.41) is 0. The predicted octanol–water partition coefficient (Wildman–Crippen LogP) is 11.5. The second-order valence-corrected chi connectivity index (χ2v) is 12.5. The number of allylic oxidation sites excluding steroid dienone is 2. The smallest absolute Gasteiger partial charge is 0.162 e. The van der Waals surface area contributed by atoms with Gasteiger partial charge in [-0.15, -0.1) is 0 Å². The van der Waals surface area contributed by atoms with Crippen LogP contribution in [-0.2, 0) is 0 Å². The van der Waals surface area contributed by atoms with Crippen molar-refractivity contribution in [1.29, 1.82) is 0 Å². The van der Waals surface area contributed by atoms with Crippen molar-refractivity contribution in [2.45, 2.75) is 135 Å². The Morgan fingerprint density at radius 2 is 1.00 bits per heavy atom. The maximum atomic E-state index is 15.2. The molecule has 1 aromatic carbocycles. The summed E-state index contributed by atoms with van der Waals surface area (Å²) in [5.74, 6) is -1.28. The highest BCUT2D eigenvalue weighted by atomic mass is 19.2. The summed E-state index contributed by atoms with van der Waals surface area (Å²) < 4.78 is 59.6. The van der Waals surface area contributed by atoms with Crippen LogP contribution in [0.15, 0.2) is 23.8 Å². The van der Waals surface area contributed by atoms with Crippen molar-refractivity contribution in [3.05, 3.63) is 46.5 Å². The van der Waals surface area contributed by atoms with Crippen LogP contribution in [0.25, 0.3) is 0 Å². The van der Waals surface area contributed by atoms with E-state index in [1.54, 1.807) is 0 Å². The van der Waals surface area contributed by atoms with Crippen LogP contribution in [-0.4, -0.2) is 0 Å². The van der Waals surface area contributed by atoms with Crippen LogP contribution in [0.3, 0.4) is 0 Å². The lowest BCUT2D eigenvalue weighted by Crippen LogP contribution is -2.19. The van der Waals surface area contributed by atoms with Crippen LogP contribution in [0.1, 0.15) is 146 Å². The molecule has 4 heteroatoms. The second-order valence-electron chi connectivity index (χ2n) is 12.5. The third-order valence-electron chi connectivity index (χ3n) is 10.1. The van der Waals surface area contributed by atoms with Crippen LogP contribution in [0.4, 0.5) is 17.6 Å². The standard InChI is InChI=1S/C33H48F4/c1-3-5-7-26-18-19-27(31(35)30(26)34)17-12-23-10-15-25(16-11-23)29-21-20-28(32(36)33(29)37)24-13-8-22(6-4-2)9-14-24/h20-27H,3-19H2,1-2H3. The molecule has 0 bridgehead atoms. The van der Waals surface area contributed by atoms with Gasteiger partial charge in [-0.3, -0.25) is 0 Å². The molecule has 0 aliphatic heterocycles. The number of benzene rings is 1. The first-order valence-corrected chi connectivity index (χ1v) is 15.5. The van der Waals surface area contributed by atoms with Crippen molar-refractivity contribution < 1.29 is 17.6 Å². The Morgan fingerprint density at radius 1 is 0.541 bits per heavy atom. The topological polar surface area (TPSA) is 0 Å². The molecule has 0 amide bonds. The average Bonchev–Trinajstić information content (AvgIpc) is 2.92. The molecular formula is C33H48F4. The van der Waals surface area contributed by atoms with E-state index in [2.05, 4.69) is 13.8 Å². The molecule has 208 valence electrons. The maximum Gasteiger partial charge on any atom is 0.162 e. The fourth-order valence-electron chi connectivity index (χ4n) is 7.62. The molecule has 1 aromatic rings. The van der Waals surface area contributed by atoms with E-state index >= 15 is 8.78 Å². The molecule has 0 saturated heterocycles. The van der Waals surface area contributed by atoms with Crippen LogP contribution in [0.5, 0.6) is 0 Å². The predicted molar refractivity (Wildman–Crippen MR) is 145 cm³/mol. The number of rotatable bonds is 10. The molecule has 2 saturated carbocycles. The van der Waals surface area contributed by atoms with Crippen molar-refractivity contribution in [2.75, 3.05) is 0 Å². The monoisotopic (exact) mass is 520 g/mol. The van der Waals surface area contributed by atoms with Gasteiger partial charge in [0.05, 0.1) is 0 Å². The van der Waals surface area contributed by atoms with Gasteiger partial charge in [-0.25, -0.2) is 17.6 Å². The van der Waals surface area contributed by atoms with Crippen molar-refractivity contribution in [1.82, 2.24) is 0 Å². The van der Waals surface area contributed by atoms with E-state index < -0.39 is 23.3 Å². The van der Waals surface area contributed by atoms with Crippen molar-refractivity contribution >= 4 is 0 Å². The average molecular weight is 521 g/mol. The van der Waals surface area contributed by atoms with Gasteiger partial charge in [0.2, 0.25) is 0 Å². The highest BCUT2D eigenvalue weighted by Crippen LogP contribution is 2.45. The van der Waals surface area contributed by atoms with E-state index in [0.717, 1.165) is 95.8 Å². The fourth-order valence-corrected chi connectivity index (χ4v) is 7.62. The SMILES string of the molecule is CCCCC1CCC(CCC2CCC(c3ccc(C4CCC(CCC)CC4)c(F)c3F)CC2)C(F)=C1F. The Hall–Kier alpha value is -1.32. The number of unbranched alkanes of at least 4 members (excludes halogenated alkanes) is 1. The zero-order valence-electron chi connectivity index (χ0n) is 23.2. The molecule has 2 atom stereocenters. The number of hydrogen-bond donors (Lipinski definition) is 0. The summed E-state index contributed by atoms with van der Waals surface area (Å²) >= 11 is 0. The van der Waals surface area contributed by atoms with Gasteiger partial charge in [-0.2, -0.15) is 0 Å².